The van der Waals surface area contributed by atoms with E-state index in [0.29, 0.717) is 28.5 Å². The molecule has 0 radical (unpaired) electrons. The number of anilines is 1. The number of carbonyl (C=O) groups excluding carboxylic acids is 2. The van der Waals surface area contributed by atoms with Crippen molar-refractivity contribution in [2.45, 2.75) is 60.3 Å². The quantitative estimate of drug-likeness (QED) is 0.253. The first-order valence-electron chi connectivity index (χ1n) is 13.0. The van der Waals surface area contributed by atoms with E-state index in [-0.39, 0.29) is 30.0 Å². The zero-order chi connectivity index (χ0) is 27.9. The molecule has 0 aliphatic heterocycles. The second kappa shape index (κ2) is 12.5. The van der Waals surface area contributed by atoms with E-state index in [0.717, 1.165) is 17.7 Å². The van der Waals surface area contributed by atoms with E-state index in [1.165, 1.54) is 16.9 Å². The summed E-state index contributed by atoms with van der Waals surface area (Å²) in [5.41, 5.74) is 3.33. The molecule has 1 aromatic heterocycles. The summed E-state index contributed by atoms with van der Waals surface area (Å²) < 4.78 is 16.6. The van der Waals surface area contributed by atoms with E-state index in [2.05, 4.69) is 52.1 Å². The fourth-order valence-electron chi connectivity index (χ4n) is 4.71. The molecule has 1 N–H and O–H groups in total. The molecular weight excluding hydrogens is 498 g/mol. The van der Waals surface area contributed by atoms with Gasteiger partial charge in [0.05, 0.1) is 13.2 Å². The van der Waals surface area contributed by atoms with Gasteiger partial charge in [-0.15, -0.1) is 11.3 Å². The standard InChI is InChI=1S/C31H39NO5S/c1-8-35-23-14-10-21(11-15-23)25-19-38-28(27(25)29(34)36-9-2)32-26(33)18-37-24-16-12-22(13-17-24)31(6,7)20-30(3,4)5/h10-17,19H,8-9,18,20H2,1-7H3,(H,32,33). The van der Waals surface area contributed by atoms with Gasteiger partial charge in [-0.3, -0.25) is 4.79 Å². The molecule has 38 heavy (non-hydrogen) atoms. The van der Waals surface area contributed by atoms with Gasteiger partial charge >= 0.3 is 5.97 Å². The minimum absolute atomic E-state index is 0.0257. The Morgan fingerprint density at radius 2 is 1.45 bits per heavy atom. The number of amides is 1. The van der Waals surface area contributed by atoms with Crippen molar-refractivity contribution in [3.05, 3.63) is 65.0 Å². The topological polar surface area (TPSA) is 73.9 Å². The number of hydrogen-bond donors (Lipinski definition) is 1. The third kappa shape index (κ3) is 7.84. The Labute approximate surface area is 230 Å². The average Bonchev–Trinajstić information content (AvgIpc) is 3.26. The average molecular weight is 538 g/mol. The van der Waals surface area contributed by atoms with Crippen molar-refractivity contribution in [3.63, 3.8) is 0 Å². The van der Waals surface area contributed by atoms with Gasteiger partial charge in [0.25, 0.3) is 5.91 Å². The Kier molecular flexibility index (Phi) is 9.60. The maximum Gasteiger partial charge on any atom is 0.341 e. The lowest BCUT2D eigenvalue weighted by Crippen LogP contribution is -2.24. The van der Waals surface area contributed by atoms with Gasteiger partial charge in [0, 0.05) is 10.9 Å². The third-order valence-corrected chi connectivity index (χ3v) is 6.87. The first-order chi connectivity index (χ1) is 17.9. The van der Waals surface area contributed by atoms with Crippen LogP contribution < -0.4 is 14.8 Å². The second-order valence-corrected chi connectivity index (χ2v) is 11.9. The maximum absolute atomic E-state index is 12.8. The van der Waals surface area contributed by atoms with Crippen LogP contribution in [0.25, 0.3) is 11.1 Å². The van der Waals surface area contributed by atoms with Gasteiger partial charge in [-0.2, -0.15) is 0 Å². The van der Waals surface area contributed by atoms with Crippen molar-refractivity contribution >= 4 is 28.2 Å². The van der Waals surface area contributed by atoms with Gasteiger partial charge in [0.2, 0.25) is 0 Å². The summed E-state index contributed by atoms with van der Waals surface area (Å²) in [7, 11) is 0. The van der Waals surface area contributed by atoms with Gasteiger partial charge in [-0.1, -0.05) is 58.9 Å². The highest BCUT2D eigenvalue weighted by molar-refractivity contribution is 7.15. The van der Waals surface area contributed by atoms with Crippen LogP contribution in [0.2, 0.25) is 0 Å². The highest BCUT2D eigenvalue weighted by Gasteiger charge is 2.27. The normalized spacial score (nSPS) is 11.7. The largest absolute Gasteiger partial charge is 0.494 e. The highest BCUT2D eigenvalue weighted by atomic mass is 32.1. The minimum Gasteiger partial charge on any atom is -0.494 e. The van der Waals surface area contributed by atoms with Crippen molar-refractivity contribution in [2.75, 3.05) is 25.1 Å². The molecule has 7 heteroatoms. The van der Waals surface area contributed by atoms with Gasteiger partial charge in [0.15, 0.2) is 6.61 Å². The van der Waals surface area contributed by atoms with E-state index < -0.39 is 5.97 Å². The van der Waals surface area contributed by atoms with E-state index in [1.54, 1.807) is 6.92 Å². The fraction of sp³-hybridized carbons (Fsp3) is 0.419. The molecule has 1 amide bonds. The molecule has 0 atom stereocenters. The lowest BCUT2D eigenvalue weighted by atomic mass is 9.72. The molecule has 0 aliphatic carbocycles. The first kappa shape index (κ1) is 29.2. The summed E-state index contributed by atoms with van der Waals surface area (Å²) in [6.45, 7) is 15.5. The number of carbonyl (C=O) groups is 2. The second-order valence-electron chi connectivity index (χ2n) is 11.0. The van der Waals surface area contributed by atoms with Crippen LogP contribution in [0.5, 0.6) is 11.5 Å². The molecule has 0 spiro atoms. The zero-order valence-electron chi connectivity index (χ0n) is 23.5. The molecule has 3 rings (SSSR count). The van der Waals surface area contributed by atoms with E-state index in [4.69, 9.17) is 14.2 Å². The molecule has 0 saturated heterocycles. The number of hydrogen-bond acceptors (Lipinski definition) is 6. The monoisotopic (exact) mass is 537 g/mol. The summed E-state index contributed by atoms with van der Waals surface area (Å²) >= 11 is 1.28. The van der Waals surface area contributed by atoms with Crippen LogP contribution in [0.3, 0.4) is 0 Å². The van der Waals surface area contributed by atoms with Crippen LogP contribution in [-0.4, -0.2) is 31.7 Å². The summed E-state index contributed by atoms with van der Waals surface area (Å²) in [4.78, 5) is 25.6. The number of rotatable bonds is 11. The molecule has 0 saturated carbocycles. The van der Waals surface area contributed by atoms with Crippen molar-refractivity contribution < 1.29 is 23.8 Å². The van der Waals surface area contributed by atoms with Crippen LogP contribution in [0.1, 0.15) is 70.8 Å². The molecule has 2 aromatic carbocycles. The smallest absolute Gasteiger partial charge is 0.341 e. The fourth-order valence-corrected chi connectivity index (χ4v) is 5.68. The van der Waals surface area contributed by atoms with Gasteiger partial charge < -0.3 is 19.5 Å². The summed E-state index contributed by atoms with van der Waals surface area (Å²) in [5.74, 6) is 0.526. The molecule has 0 aliphatic rings. The Morgan fingerprint density at radius 3 is 2.03 bits per heavy atom. The highest BCUT2D eigenvalue weighted by Crippen LogP contribution is 2.38. The third-order valence-electron chi connectivity index (χ3n) is 5.98. The first-order valence-corrected chi connectivity index (χ1v) is 13.9. The van der Waals surface area contributed by atoms with Gasteiger partial charge in [-0.25, -0.2) is 4.79 Å². The van der Waals surface area contributed by atoms with Gasteiger partial charge in [-0.05, 0) is 66.5 Å². The van der Waals surface area contributed by atoms with Gasteiger partial charge in [0.1, 0.15) is 22.1 Å². The molecule has 204 valence electrons. The minimum atomic E-state index is -0.484. The van der Waals surface area contributed by atoms with E-state index in [1.807, 2.05) is 48.7 Å². The zero-order valence-corrected chi connectivity index (χ0v) is 24.3. The van der Waals surface area contributed by atoms with Crippen LogP contribution >= 0.6 is 11.3 Å². The van der Waals surface area contributed by atoms with Crippen molar-refractivity contribution in [1.29, 1.82) is 0 Å². The maximum atomic E-state index is 12.8. The van der Waals surface area contributed by atoms with Crippen LogP contribution in [-0.2, 0) is 14.9 Å². The molecule has 6 nitrogen and oxygen atoms in total. The molecular formula is C31H39NO5S. The number of benzene rings is 2. The molecule has 0 unspecified atom stereocenters. The van der Waals surface area contributed by atoms with Crippen molar-refractivity contribution in [1.82, 2.24) is 0 Å². The number of ether oxygens (including phenoxy) is 3. The Bertz CT molecular complexity index is 1220. The molecule has 3 aromatic rings. The molecule has 0 bridgehead atoms. The van der Waals surface area contributed by atoms with Crippen LogP contribution in [0.4, 0.5) is 5.00 Å². The summed E-state index contributed by atoms with van der Waals surface area (Å²) in [5, 5.41) is 5.11. The number of thiophene rings is 1. The summed E-state index contributed by atoms with van der Waals surface area (Å²) in [6, 6.07) is 15.4. The van der Waals surface area contributed by atoms with Crippen molar-refractivity contribution in [3.8, 4) is 22.6 Å². The Morgan fingerprint density at radius 1 is 0.842 bits per heavy atom. The number of esters is 1. The lowest BCUT2D eigenvalue weighted by molar-refractivity contribution is -0.118. The van der Waals surface area contributed by atoms with Crippen molar-refractivity contribution in [2.24, 2.45) is 5.41 Å². The molecule has 0 fully saturated rings. The van der Waals surface area contributed by atoms with Crippen LogP contribution in [0, 0.1) is 5.41 Å². The Balaban J connectivity index is 1.70. The van der Waals surface area contributed by atoms with Crippen LogP contribution in [0.15, 0.2) is 53.9 Å². The van der Waals surface area contributed by atoms with E-state index >= 15 is 0 Å². The van der Waals surface area contributed by atoms with E-state index in [9.17, 15) is 9.59 Å². The Hall–Kier alpha value is -3.32. The predicted molar refractivity (Wildman–Crippen MR) is 155 cm³/mol. The summed E-state index contributed by atoms with van der Waals surface area (Å²) in [6.07, 6.45) is 1.05. The molecule has 1 heterocycles. The number of nitrogens with one attached hydrogen (secondary N) is 1. The SMILES string of the molecule is CCOC(=O)c1c(-c2ccc(OCC)cc2)csc1NC(=O)COc1ccc(C(C)(C)CC(C)(C)C)cc1. The lowest BCUT2D eigenvalue weighted by Gasteiger charge is -2.33. The predicted octanol–water partition coefficient (Wildman–Crippen LogP) is 7.72.